The Bertz CT molecular complexity index is 1010. The number of hydrogen-bond donors (Lipinski definition) is 0. The second kappa shape index (κ2) is 10.00. The molecule has 0 unspecified atom stereocenters. The molecule has 8 nitrogen and oxygen atoms in total. The first kappa shape index (κ1) is 21.4. The second-order valence-electron chi connectivity index (χ2n) is 7.46. The highest BCUT2D eigenvalue weighted by atomic mass is 16.5. The predicted octanol–water partition coefficient (Wildman–Crippen LogP) is 3.76. The fraction of sp³-hybridized carbons (Fsp3) is 0.292. The number of benzene rings is 1. The molecule has 0 atom stereocenters. The Balaban J connectivity index is 1.56. The summed E-state index contributed by atoms with van der Waals surface area (Å²) in [5.74, 6) is 0.136. The van der Waals surface area contributed by atoms with Gasteiger partial charge in [0.15, 0.2) is 0 Å². The van der Waals surface area contributed by atoms with Crippen molar-refractivity contribution in [3.05, 3.63) is 72.8 Å². The normalized spacial score (nSPS) is 14.1. The Hall–Kier alpha value is -3.81. The summed E-state index contributed by atoms with van der Waals surface area (Å²) in [7, 11) is 0. The van der Waals surface area contributed by atoms with Crippen molar-refractivity contribution < 1.29 is 14.3 Å². The fourth-order valence-corrected chi connectivity index (χ4v) is 3.82. The van der Waals surface area contributed by atoms with E-state index in [2.05, 4.69) is 15.0 Å². The molecule has 1 fully saturated rings. The first-order chi connectivity index (χ1) is 15.7. The largest absolute Gasteiger partial charge is 0.466 e. The van der Waals surface area contributed by atoms with E-state index >= 15 is 0 Å². The third kappa shape index (κ3) is 4.74. The van der Waals surface area contributed by atoms with Gasteiger partial charge in [-0.15, -0.1) is 0 Å². The summed E-state index contributed by atoms with van der Waals surface area (Å²) in [6.45, 7) is 3.24. The van der Waals surface area contributed by atoms with Gasteiger partial charge in [0, 0.05) is 49.1 Å². The molecule has 1 aliphatic rings. The van der Waals surface area contributed by atoms with Crippen LogP contribution in [0.2, 0.25) is 0 Å². The zero-order valence-electron chi connectivity index (χ0n) is 17.9. The van der Waals surface area contributed by atoms with E-state index in [9.17, 15) is 9.59 Å². The molecule has 32 heavy (non-hydrogen) atoms. The SMILES string of the molecule is CCOC(=O)C1CCN(C(=O)c2cccc(N(c3ccncc3)c3ncccn3)c2)CC1. The van der Waals surface area contributed by atoms with E-state index in [1.54, 1.807) is 48.7 Å². The molecule has 164 valence electrons. The minimum absolute atomic E-state index is 0.0576. The van der Waals surface area contributed by atoms with E-state index in [1.807, 2.05) is 35.2 Å². The molecule has 3 aromatic rings. The summed E-state index contributed by atoms with van der Waals surface area (Å²) in [5, 5.41) is 0. The van der Waals surface area contributed by atoms with Crippen molar-refractivity contribution in [3.8, 4) is 0 Å². The number of carbonyl (C=O) groups excluding carboxylic acids is 2. The van der Waals surface area contributed by atoms with E-state index in [-0.39, 0.29) is 17.8 Å². The standard InChI is InChI=1S/C24H25N5O3/c1-2-32-23(31)18-9-15-28(16-10-18)22(30)19-5-3-6-21(17-19)29(20-7-13-25-14-8-20)24-26-11-4-12-27-24/h3-8,11-14,17-18H,2,9-10,15-16H2,1H3. The summed E-state index contributed by atoms with van der Waals surface area (Å²) in [6.07, 6.45) is 8.00. The molecule has 0 saturated carbocycles. The van der Waals surface area contributed by atoms with Gasteiger partial charge in [0.2, 0.25) is 5.95 Å². The zero-order chi connectivity index (χ0) is 22.3. The number of carbonyl (C=O) groups is 2. The minimum Gasteiger partial charge on any atom is -0.466 e. The van der Waals surface area contributed by atoms with Crippen LogP contribution in [-0.4, -0.2) is 51.4 Å². The molecule has 3 heterocycles. The van der Waals surface area contributed by atoms with Crippen LogP contribution in [0.4, 0.5) is 17.3 Å². The average Bonchev–Trinajstić information content (AvgIpc) is 2.85. The summed E-state index contributed by atoms with van der Waals surface area (Å²) in [6, 6.07) is 12.9. The number of hydrogen-bond acceptors (Lipinski definition) is 7. The first-order valence-corrected chi connectivity index (χ1v) is 10.7. The van der Waals surface area contributed by atoms with Gasteiger partial charge in [-0.1, -0.05) is 6.07 Å². The number of likely N-dealkylation sites (tertiary alicyclic amines) is 1. The van der Waals surface area contributed by atoms with Crippen molar-refractivity contribution in [2.24, 2.45) is 5.92 Å². The van der Waals surface area contributed by atoms with Gasteiger partial charge >= 0.3 is 5.97 Å². The van der Waals surface area contributed by atoms with Gasteiger partial charge in [-0.3, -0.25) is 19.5 Å². The molecule has 1 amide bonds. The minimum atomic E-state index is -0.169. The molecule has 0 radical (unpaired) electrons. The average molecular weight is 431 g/mol. The lowest BCUT2D eigenvalue weighted by atomic mass is 9.96. The fourth-order valence-electron chi connectivity index (χ4n) is 3.82. The van der Waals surface area contributed by atoms with Gasteiger partial charge in [0.25, 0.3) is 5.91 Å². The zero-order valence-corrected chi connectivity index (χ0v) is 17.9. The quantitative estimate of drug-likeness (QED) is 0.549. The summed E-state index contributed by atoms with van der Waals surface area (Å²) in [5.41, 5.74) is 2.19. The number of piperidine rings is 1. The highest BCUT2D eigenvalue weighted by Gasteiger charge is 2.29. The Kier molecular flexibility index (Phi) is 6.69. The Morgan fingerprint density at radius 3 is 2.41 bits per heavy atom. The number of pyridine rings is 1. The van der Waals surface area contributed by atoms with Crippen LogP contribution in [0, 0.1) is 5.92 Å². The maximum absolute atomic E-state index is 13.2. The number of ether oxygens (including phenoxy) is 1. The maximum atomic E-state index is 13.2. The number of amides is 1. The number of rotatable bonds is 6. The van der Waals surface area contributed by atoms with Gasteiger partial charge in [0.05, 0.1) is 18.2 Å². The maximum Gasteiger partial charge on any atom is 0.309 e. The third-order valence-electron chi connectivity index (χ3n) is 5.43. The molecular formula is C24H25N5O3. The monoisotopic (exact) mass is 431 g/mol. The van der Waals surface area contributed by atoms with Gasteiger partial charge in [0.1, 0.15) is 0 Å². The molecule has 1 aliphatic heterocycles. The second-order valence-corrected chi connectivity index (χ2v) is 7.46. The lowest BCUT2D eigenvalue weighted by Gasteiger charge is -2.31. The van der Waals surface area contributed by atoms with Crippen molar-refractivity contribution in [1.29, 1.82) is 0 Å². The van der Waals surface area contributed by atoms with Crippen LogP contribution in [-0.2, 0) is 9.53 Å². The molecule has 8 heteroatoms. The van der Waals surface area contributed by atoms with Gasteiger partial charge in [-0.05, 0) is 56.2 Å². The highest BCUT2D eigenvalue weighted by molar-refractivity contribution is 5.96. The van der Waals surface area contributed by atoms with Gasteiger partial charge in [-0.25, -0.2) is 9.97 Å². The molecular weight excluding hydrogens is 406 g/mol. The number of anilines is 3. The van der Waals surface area contributed by atoms with Gasteiger partial charge in [-0.2, -0.15) is 0 Å². The molecule has 0 aliphatic carbocycles. The van der Waals surface area contributed by atoms with Crippen molar-refractivity contribution in [2.75, 3.05) is 24.6 Å². The van der Waals surface area contributed by atoms with Crippen molar-refractivity contribution in [1.82, 2.24) is 19.9 Å². The molecule has 0 spiro atoms. The van der Waals surface area contributed by atoms with Crippen molar-refractivity contribution in [3.63, 3.8) is 0 Å². The lowest BCUT2D eigenvalue weighted by Crippen LogP contribution is -2.40. The molecule has 1 saturated heterocycles. The molecule has 4 rings (SSSR count). The van der Waals surface area contributed by atoms with Crippen LogP contribution in [0.1, 0.15) is 30.1 Å². The summed E-state index contributed by atoms with van der Waals surface area (Å²) < 4.78 is 5.12. The van der Waals surface area contributed by atoms with Crippen LogP contribution in [0.25, 0.3) is 0 Å². The summed E-state index contributed by atoms with van der Waals surface area (Å²) >= 11 is 0. The van der Waals surface area contributed by atoms with Crippen LogP contribution in [0.15, 0.2) is 67.3 Å². The van der Waals surface area contributed by atoms with E-state index in [1.165, 1.54) is 0 Å². The molecule has 1 aromatic carbocycles. The number of esters is 1. The first-order valence-electron chi connectivity index (χ1n) is 10.7. The Morgan fingerprint density at radius 2 is 1.72 bits per heavy atom. The predicted molar refractivity (Wildman–Crippen MR) is 120 cm³/mol. The van der Waals surface area contributed by atoms with Crippen LogP contribution >= 0.6 is 0 Å². The summed E-state index contributed by atoms with van der Waals surface area (Å²) in [4.78, 5) is 41.7. The van der Waals surface area contributed by atoms with Gasteiger partial charge < -0.3 is 9.64 Å². The Morgan fingerprint density at radius 1 is 1.00 bits per heavy atom. The third-order valence-corrected chi connectivity index (χ3v) is 5.43. The van der Waals surface area contributed by atoms with E-state index in [0.717, 1.165) is 11.4 Å². The smallest absolute Gasteiger partial charge is 0.309 e. The molecule has 0 N–H and O–H groups in total. The van der Waals surface area contributed by atoms with E-state index in [4.69, 9.17) is 4.74 Å². The number of aromatic nitrogens is 3. The Labute approximate surface area is 186 Å². The van der Waals surface area contributed by atoms with E-state index in [0.29, 0.717) is 44.0 Å². The van der Waals surface area contributed by atoms with Crippen molar-refractivity contribution in [2.45, 2.75) is 19.8 Å². The highest BCUT2D eigenvalue weighted by Crippen LogP contribution is 2.32. The topological polar surface area (TPSA) is 88.5 Å². The molecule has 0 bridgehead atoms. The van der Waals surface area contributed by atoms with E-state index < -0.39 is 0 Å². The van der Waals surface area contributed by atoms with Crippen molar-refractivity contribution >= 4 is 29.2 Å². The van der Waals surface area contributed by atoms with Crippen LogP contribution < -0.4 is 4.90 Å². The van der Waals surface area contributed by atoms with Crippen LogP contribution in [0.5, 0.6) is 0 Å². The number of nitrogens with zero attached hydrogens (tertiary/aromatic N) is 5. The molecule has 2 aromatic heterocycles. The van der Waals surface area contributed by atoms with Crippen LogP contribution in [0.3, 0.4) is 0 Å². The lowest BCUT2D eigenvalue weighted by molar-refractivity contribution is -0.149.